The molecule has 0 fully saturated rings. The number of nitrogens with zero attached hydrogens (tertiary/aromatic N) is 2. The molecule has 6 heteroatoms. The summed E-state index contributed by atoms with van der Waals surface area (Å²) in [7, 11) is 0. The number of anilines is 1. The fraction of sp³-hybridized carbons (Fsp3) is 0.263. The van der Waals surface area contributed by atoms with E-state index in [1.165, 1.54) is 0 Å². The van der Waals surface area contributed by atoms with Gasteiger partial charge in [-0.15, -0.1) is 0 Å². The number of nitrogen functional groups attached to an aromatic ring is 1. The minimum absolute atomic E-state index is 0.417. The highest BCUT2D eigenvalue weighted by molar-refractivity contribution is 5.69. The molecule has 0 saturated heterocycles. The summed E-state index contributed by atoms with van der Waals surface area (Å²) in [5.74, 6) is 2.27. The first-order valence-corrected chi connectivity index (χ1v) is 8.23. The first-order chi connectivity index (χ1) is 12.1. The molecule has 0 aliphatic carbocycles. The van der Waals surface area contributed by atoms with Crippen molar-refractivity contribution >= 4 is 5.69 Å². The van der Waals surface area contributed by atoms with Gasteiger partial charge in [-0.2, -0.15) is 4.98 Å². The maximum Gasteiger partial charge on any atom is 0.258 e. The second-order valence-corrected chi connectivity index (χ2v) is 5.47. The molecule has 25 heavy (non-hydrogen) atoms. The van der Waals surface area contributed by atoms with Gasteiger partial charge in [0.1, 0.15) is 0 Å². The molecule has 1 heterocycles. The predicted octanol–water partition coefficient (Wildman–Crippen LogP) is 4.09. The summed E-state index contributed by atoms with van der Waals surface area (Å²) < 4.78 is 16.7. The Morgan fingerprint density at radius 2 is 1.80 bits per heavy atom. The van der Waals surface area contributed by atoms with Gasteiger partial charge < -0.3 is 19.7 Å². The Morgan fingerprint density at radius 3 is 2.56 bits per heavy atom. The predicted molar refractivity (Wildman–Crippen MR) is 96.7 cm³/mol. The molecule has 0 aliphatic heterocycles. The van der Waals surface area contributed by atoms with E-state index >= 15 is 0 Å². The SMILES string of the molecule is CCOc1ccc(-c2nc(-c3cccc(N)c3C)no2)cc1OCC. The number of ether oxygens (including phenoxy) is 2. The molecule has 2 aromatic carbocycles. The lowest BCUT2D eigenvalue weighted by Crippen LogP contribution is -1.98. The maximum atomic E-state index is 5.96. The van der Waals surface area contributed by atoms with Gasteiger partial charge in [-0.3, -0.25) is 0 Å². The van der Waals surface area contributed by atoms with Gasteiger partial charge in [0.25, 0.3) is 5.89 Å². The third kappa shape index (κ3) is 3.42. The van der Waals surface area contributed by atoms with E-state index in [9.17, 15) is 0 Å². The summed E-state index contributed by atoms with van der Waals surface area (Å²) in [5.41, 5.74) is 9.21. The Morgan fingerprint density at radius 1 is 1.04 bits per heavy atom. The topological polar surface area (TPSA) is 83.4 Å². The molecular weight excluding hydrogens is 318 g/mol. The monoisotopic (exact) mass is 339 g/mol. The van der Waals surface area contributed by atoms with Crippen molar-refractivity contribution in [3.63, 3.8) is 0 Å². The van der Waals surface area contributed by atoms with Gasteiger partial charge in [0, 0.05) is 16.8 Å². The number of nitrogens with two attached hydrogens (primary N) is 1. The quantitative estimate of drug-likeness (QED) is 0.681. The summed E-state index contributed by atoms with van der Waals surface area (Å²) in [6, 6.07) is 11.2. The number of benzene rings is 2. The first-order valence-electron chi connectivity index (χ1n) is 8.23. The van der Waals surface area contributed by atoms with Gasteiger partial charge in [0.05, 0.1) is 13.2 Å². The fourth-order valence-electron chi connectivity index (χ4n) is 2.53. The number of hydrogen-bond acceptors (Lipinski definition) is 6. The van der Waals surface area contributed by atoms with Crippen LogP contribution in [0.15, 0.2) is 40.9 Å². The third-order valence-electron chi connectivity index (χ3n) is 3.83. The van der Waals surface area contributed by atoms with Crippen molar-refractivity contribution in [2.45, 2.75) is 20.8 Å². The third-order valence-corrected chi connectivity index (χ3v) is 3.83. The van der Waals surface area contributed by atoms with Crippen molar-refractivity contribution in [3.8, 4) is 34.3 Å². The van der Waals surface area contributed by atoms with E-state index in [1.54, 1.807) is 0 Å². The van der Waals surface area contributed by atoms with Crippen LogP contribution >= 0.6 is 0 Å². The van der Waals surface area contributed by atoms with Gasteiger partial charge in [-0.25, -0.2) is 0 Å². The lowest BCUT2D eigenvalue weighted by atomic mass is 10.1. The van der Waals surface area contributed by atoms with E-state index in [2.05, 4.69) is 10.1 Å². The first kappa shape index (κ1) is 16.8. The van der Waals surface area contributed by atoms with Crippen molar-refractivity contribution in [3.05, 3.63) is 42.0 Å². The van der Waals surface area contributed by atoms with Crippen LogP contribution in [0.2, 0.25) is 0 Å². The van der Waals surface area contributed by atoms with E-state index in [0.29, 0.717) is 42.1 Å². The van der Waals surface area contributed by atoms with Crippen molar-refractivity contribution in [1.29, 1.82) is 0 Å². The Bertz CT molecular complexity index is 874. The van der Waals surface area contributed by atoms with Crippen molar-refractivity contribution in [1.82, 2.24) is 10.1 Å². The van der Waals surface area contributed by atoms with Gasteiger partial charge in [0.15, 0.2) is 11.5 Å². The molecule has 0 amide bonds. The Labute approximate surface area is 146 Å². The molecule has 0 saturated carbocycles. The van der Waals surface area contributed by atoms with E-state index < -0.39 is 0 Å². The highest BCUT2D eigenvalue weighted by Gasteiger charge is 2.15. The molecular formula is C19H21N3O3. The zero-order valence-electron chi connectivity index (χ0n) is 14.6. The highest BCUT2D eigenvalue weighted by atomic mass is 16.5. The molecule has 0 spiro atoms. The van der Waals surface area contributed by atoms with Gasteiger partial charge in [-0.05, 0) is 50.6 Å². The van der Waals surface area contributed by atoms with Crippen molar-refractivity contribution in [2.24, 2.45) is 0 Å². The van der Waals surface area contributed by atoms with Gasteiger partial charge in [0.2, 0.25) is 5.82 Å². The maximum absolute atomic E-state index is 5.96. The zero-order chi connectivity index (χ0) is 17.8. The summed E-state index contributed by atoms with van der Waals surface area (Å²) in [4.78, 5) is 4.50. The largest absolute Gasteiger partial charge is 0.490 e. The molecule has 3 rings (SSSR count). The smallest absolute Gasteiger partial charge is 0.258 e. The molecule has 6 nitrogen and oxygen atoms in total. The van der Waals surface area contributed by atoms with Crippen molar-refractivity contribution in [2.75, 3.05) is 18.9 Å². The summed E-state index contributed by atoms with van der Waals surface area (Å²) >= 11 is 0. The van der Waals surface area contributed by atoms with E-state index in [1.807, 2.05) is 57.2 Å². The molecule has 0 radical (unpaired) electrons. The molecule has 3 aromatic rings. The fourth-order valence-corrected chi connectivity index (χ4v) is 2.53. The number of hydrogen-bond donors (Lipinski definition) is 1. The van der Waals surface area contributed by atoms with Crippen LogP contribution in [-0.4, -0.2) is 23.4 Å². The van der Waals surface area contributed by atoms with Crippen LogP contribution in [0.4, 0.5) is 5.69 Å². The normalized spacial score (nSPS) is 10.7. The van der Waals surface area contributed by atoms with E-state index in [-0.39, 0.29) is 0 Å². The van der Waals surface area contributed by atoms with Crippen molar-refractivity contribution < 1.29 is 14.0 Å². The van der Waals surface area contributed by atoms with Gasteiger partial charge in [-0.1, -0.05) is 17.3 Å². The lowest BCUT2D eigenvalue weighted by Gasteiger charge is -2.11. The number of aromatic nitrogens is 2. The average molecular weight is 339 g/mol. The Balaban J connectivity index is 1.97. The zero-order valence-corrected chi connectivity index (χ0v) is 14.6. The summed E-state index contributed by atoms with van der Waals surface area (Å²) in [6.07, 6.45) is 0. The van der Waals surface area contributed by atoms with Crippen LogP contribution in [0.1, 0.15) is 19.4 Å². The Kier molecular flexibility index (Phi) is 4.88. The van der Waals surface area contributed by atoms with Gasteiger partial charge >= 0.3 is 0 Å². The highest BCUT2D eigenvalue weighted by Crippen LogP contribution is 2.33. The van der Waals surface area contributed by atoms with Crippen LogP contribution < -0.4 is 15.2 Å². The standard InChI is InChI=1S/C19H21N3O3/c1-4-23-16-10-9-13(11-17(16)24-5-2)19-21-18(22-25-19)14-7-6-8-15(20)12(14)3/h6-11H,4-5,20H2,1-3H3. The van der Waals surface area contributed by atoms with Crippen LogP contribution in [0.3, 0.4) is 0 Å². The summed E-state index contributed by atoms with van der Waals surface area (Å²) in [6.45, 7) is 6.91. The molecule has 0 atom stereocenters. The van der Waals surface area contributed by atoms with Crippen LogP contribution in [-0.2, 0) is 0 Å². The average Bonchev–Trinajstić information content (AvgIpc) is 3.09. The van der Waals surface area contributed by atoms with Crippen LogP contribution in [0.5, 0.6) is 11.5 Å². The second kappa shape index (κ2) is 7.25. The molecule has 1 aromatic heterocycles. The molecule has 2 N–H and O–H groups in total. The minimum Gasteiger partial charge on any atom is -0.490 e. The van der Waals surface area contributed by atoms with Crippen LogP contribution in [0.25, 0.3) is 22.8 Å². The molecule has 0 unspecified atom stereocenters. The summed E-state index contributed by atoms with van der Waals surface area (Å²) in [5, 5.41) is 4.09. The Hall–Kier alpha value is -3.02. The number of rotatable bonds is 6. The van der Waals surface area contributed by atoms with Crippen LogP contribution in [0, 0.1) is 6.92 Å². The molecule has 0 bridgehead atoms. The lowest BCUT2D eigenvalue weighted by molar-refractivity contribution is 0.288. The minimum atomic E-state index is 0.417. The molecule has 0 aliphatic rings. The van der Waals surface area contributed by atoms with E-state index in [0.717, 1.165) is 16.7 Å². The second-order valence-electron chi connectivity index (χ2n) is 5.47. The van der Waals surface area contributed by atoms with E-state index in [4.69, 9.17) is 19.7 Å². The molecule has 130 valence electrons.